The first-order valence-electron chi connectivity index (χ1n) is 8.21. The number of amides is 1. The minimum absolute atomic E-state index is 0.00516. The smallest absolute Gasteiger partial charge is 0.253 e. The average molecular weight is 361 g/mol. The molecule has 1 unspecified atom stereocenters. The van der Waals surface area contributed by atoms with Gasteiger partial charge in [-0.15, -0.1) is 0 Å². The first-order valence-corrected chi connectivity index (χ1v) is 10.1. The van der Waals surface area contributed by atoms with Crippen molar-refractivity contribution in [3.8, 4) is 0 Å². The van der Waals surface area contributed by atoms with Gasteiger partial charge in [0, 0.05) is 25.2 Å². The van der Waals surface area contributed by atoms with Gasteiger partial charge in [-0.3, -0.25) is 14.2 Å². The summed E-state index contributed by atoms with van der Waals surface area (Å²) in [7, 11) is -3.41. The van der Waals surface area contributed by atoms with E-state index >= 15 is 0 Å². The predicted molar refractivity (Wildman–Crippen MR) is 92.0 cm³/mol. The van der Waals surface area contributed by atoms with Crippen molar-refractivity contribution in [3.63, 3.8) is 0 Å². The predicted octanol–water partition coefficient (Wildman–Crippen LogP) is 0.952. The van der Waals surface area contributed by atoms with Crippen molar-refractivity contribution in [2.75, 3.05) is 30.2 Å². The molecule has 0 saturated carbocycles. The summed E-state index contributed by atoms with van der Waals surface area (Å²) in [6, 6.07) is 5.23. The molecule has 8 nitrogen and oxygen atoms in total. The Morgan fingerprint density at radius 3 is 2.68 bits per heavy atom. The van der Waals surface area contributed by atoms with Gasteiger partial charge in [-0.05, 0) is 36.6 Å². The highest BCUT2D eigenvalue weighted by atomic mass is 32.2. The zero-order valence-corrected chi connectivity index (χ0v) is 14.7. The van der Waals surface area contributed by atoms with Crippen LogP contribution in [0.3, 0.4) is 0 Å². The van der Waals surface area contributed by atoms with Crippen LogP contribution in [-0.2, 0) is 10.0 Å². The van der Waals surface area contributed by atoms with Gasteiger partial charge in [-0.1, -0.05) is 0 Å². The van der Waals surface area contributed by atoms with Gasteiger partial charge in [0.25, 0.3) is 5.91 Å². The van der Waals surface area contributed by atoms with Crippen molar-refractivity contribution in [3.05, 3.63) is 41.5 Å². The Balaban J connectivity index is 1.77. The number of nitrogens with zero attached hydrogens (tertiary/aromatic N) is 4. The van der Waals surface area contributed by atoms with Crippen LogP contribution in [0.2, 0.25) is 0 Å². The second kappa shape index (κ2) is 5.83. The Bertz CT molecular complexity index is 904. The van der Waals surface area contributed by atoms with E-state index in [2.05, 4.69) is 15.2 Å². The van der Waals surface area contributed by atoms with Crippen LogP contribution >= 0.6 is 0 Å². The number of carbonyl (C=O) groups excluding carboxylic acids is 1. The number of anilines is 1. The van der Waals surface area contributed by atoms with Crippen LogP contribution in [0.4, 0.5) is 5.69 Å². The van der Waals surface area contributed by atoms with Crippen molar-refractivity contribution in [1.29, 1.82) is 0 Å². The fourth-order valence-corrected chi connectivity index (χ4v) is 4.53. The molecule has 0 spiro atoms. The van der Waals surface area contributed by atoms with Gasteiger partial charge in [0.15, 0.2) is 0 Å². The molecule has 2 aliphatic heterocycles. The lowest BCUT2D eigenvalue weighted by Gasteiger charge is -2.18. The topological polar surface area (TPSA) is 99.3 Å². The summed E-state index contributed by atoms with van der Waals surface area (Å²) < 4.78 is 25.6. The van der Waals surface area contributed by atoms with Crippen LogP contribution in [-0.4, -0.2) is 60.3 Å². The van der Waals surface area contributed by atoms with E-state index in [0.717, 1.165) is 31.5 Å². The van der Waals surface area contributed by atoms with Crippen LogP contribution in [0.5, 0.6) is 0 Å². The maximum atomic E-state index is 12.7. The Morgan fingerprint density at radius 2 is 2.04 bits per heavy atom. The maximum Gasteiger partial charge on any atom is 0.253 e. The quantitative estimate of drug-likeness (QED) is 0.877. The molecule has 132 valence electrons. The number of nitrogens with one attached hydrogen (secondary N) is 1. The lowest BCUT2D eigenvalue weighted by atomic mass is 9.98. The number of aromatic amines is 1. The molecule has 1 aromatic carbocycles. The number of likely N-dealkylation sites (tertiary alicyclic amines) is 1. The summed E-state index contributed by atoms with van der Waals surface area (Å²) in [4.78, 5) is 18.7. The minimum atomic E-state index is -3.41. The SMILES string of the molecule is CS(=O)(=O)N1CC(c2ncn[nH]2)c2cc(C(=O)N3CCCC3)ccc21. The highest BCUT2D eigenvalue weighted by Gasteiger charge is 2.36. The molecule has 2 aliphatic rings. The number of carbonyl (C=O) groups is 1. The number of H-pyrrole nitrogens is 1. The molecule has 1 amide bonds. The summed E-state index contributed by atoms with van der Waals surface area (Å²) in [6.45, 7) is 1.80. The van der Waals surface area contributed by atoms with E-state index in [1.165, 1.54) is 16.9 Å². The molecule has 9 heteroatoms. The highest BCUT2D eigenvalue weighted by Crippen LogP contribution is 2.40. The van der Waals surface area contributed by atoms with E-state index in [1.54, 1.807) is 18.2 Å². The van der Waals surface area contributed by atoms with Gasteiger partial charge in [-0.25, -0.2) is 13.4 Å². The fourth-order valence-electron chi connectivity index (χ4n) is 3.59. The normalized spacial score (nSPS) is 20.1. The zero-order valence-electron chi connectivity index (χ0n) is 13.8. The molecule has 3 heterocycles. The number of sulfonamides is 1. The molecule has 1 atom stereocenters. The summed E-state index contributed by atoms with van der Waals surface area (Å²) in [5.74, 6) is 0.325. The van der Waals surface area contributed by atoms with E-state index in [-0.39, 0.29) is 18.4 Å². The van der Waals surface area contributed by atoms with Crippen molar-refractivity contribution in [1.82, 2.24) is 20.1 Å². The number of aromatic nitrogens is 3. The second-order valence-corrected chi connectivity index (χ2v) is 8.40. The Hall–Kier alpha value is -2.42. The van der Waals surface area contributed by atoms with E-state index in [0.29, 0.717) is 17.1 Å². The largest absolute Gasteiger partial charge is 0.339 e. The Morgan fingerprint density at radius 1 is 1.28 bits per heavy atom. The van der Waals surface area contributed by atoms with Gasteiger partial charge in [0.05, 0.1) is 17.9 Å². The zero-order chi connectivity index (χ0) is 17.6. The maximum absolute atomic E-state index is 12.7. The monoisotopic (exact) mass is 361 g/mol. The third-order valence-electron chi connectivity index (χ3n) is 4.82. The van der Waals surface area contributed by atoms with Crippen molar-refractivity contribution in [2.45, 2.75) is 18.8 Å². The van der Waals surface area contributed by atoms with Gasteiger partial charge in [-0.2, -0.15) is 5.10 Å². The van der Waals surface area contributed by atoms with Crippen LogP contribution in [0.15, 0.2) is 24.5 Å². The van der Waals surface area contributed by atoms with E-state index in [1.807, 2.05) is 4.90 Å². The number of fused-ring (bicyclic) bond motifs is 1. The highest BCUT2D eigenvalue weighted by molar-refractivity contribution is 7.92. The number of hydrogen-bond donors (Lipinski definition) is 1. The summed E-state index contributed by atoms with van der Waals surface area (Å²) in [5.41, 5.74) is 1.97. The molecule has 2 aromatic rings. The van der Waals surface area contributed by atoms with Crippen molar-refractivity contribution >= 4 is 21.6 Å². The molecule has 0 bridgehead atoms. The van der Waals surface area contributed by atoms with E-state index in [4.69, 9.17) is 0 Å². The summed E-state index contributed by atoms with van der Waals surface area (Å²) >= 11 is 0. The summed E-state index contributed by atoms with van der Waals surface area (Å²) in [5, 5.41) is 6.69. The fraction of sp³-hybridized carbons (Fsp3) is 0.438. The third-order valence-corrected chi connectivity index (χ3v) is 5.97. The average Bonchev–Trinajstić information content (AvgIpc) is 3.31. The Labute approximate surface area is 145 Å². The summed E-state index contributed by atoms with van der Waals surface area (Å²) in [6.07, 6.45) is 4.64. The van der Waals surface area contributed by atoms with Gasteiger partial charge < -0.3 is 4.90 Å². The molecule has 1 aromatic heterocycles. The molecular formula is C16H19N5O3S. The third kappa shape index (κ3) is 2.78. The second-order valence-electron chi connectivity index (χ2n) is 6.49. The molecule has 4 rings (SSSR count). The van der Waals surface area contributed by atoms with E-state index in [9.17, 15) is 13.2 Å². The minimum Gasteiger partial charge on any atom is -0.339 e. The molecule has 1 saturated heterocycles. The molecule has 1 fully saturated rings. The molecular weight excluding hydrogens is 342 g/mol. The lowest BCUT2D eigenvalue weighted by molar-refractivity contribution is 0.0792. The van der Waals surface area contributed by atoms with Gasteiger partial charge in [0.2, 0.25) is 10.0 Å². The molecule has 0 aliphatic carbocycles. The van der Waals surface area contributed by atoms with Crippen LogP contribution < -0.4 is 4.31 Å². The van der Waals surface area contributed by atoms with Crippen LogP contribution in [0, 0.1) is 0 Å². The van der Waals surface area contributed by atoms with Gasteiger partial charge >= 0.3 is 0 Å². The first-order chi connectivity index (χ1) is 11.9. The molecule has 0 radical (unpaired) electrons. The van der Waals surface area contributed by atoms with E-state index < -0.39 is 10.0 Å². The first kappa shape index (κ1) is 16.1. The number of hydrogen-bond acceptors (Lipinski definition) is 5. The van der Waals surface area contributed by atoms with Crippen LogP contribution in [0.25, 0.3) is 0 Å². The van der Waals surface area contributed by atoms with Crippen molar-refractivity contribution in [2.24, 2.45) is 0 Å². The van der Waals surface area contributed by atoms with Crippen molar-refractivity contribution < 1.29 is 13.2 Å². The van der Waals surface area contributed by atoms with Gasteiger partial charge in [0.1, 0.15) is 12.2 Å². The van der Waals surface area contributed by atoms with Crippen LogP contribution in [0.1, 0.15) is 40.5 Å². The number of benzene rings is 1. The number of rotatable bonds is 3. The standard InChI is InChI=1S/C16H19N5O3S/c1-25(23,24)21-9-13(15-17-10-18-19-15)12-8-11(4-5-14(12)21)16(22)20-6-2-3-7-20/h4-5,8,10,13H,2-3,6-7,9H2,1H3,(H,17,18,19). The lowest BCUT2D eigenvalue weighted by Crippen LogP contribution is -2.29. The molecule has 1 N–H and O–H groups in total. The Kier molecular flexibility index (Phi) is 3.75. The molecule has 25 heavy (non-hydrogen) atoms.